The van der Waals surface area contributed by atoms with Gasteiger partial charge in [-0.1, -0.05) is 18.7 Å². The molecule has 1 heterocycles. The number of allylic oxidation sites excluding steroid dienone is 3. The molecule has 0 aromatic carbocycles. The topological polar surface area (TPSA) is 18.5 Å². The first-order valence-electron chi connectivity index (χ1n) is 3.17. The van der Waals surface area contributed by atoms with E-state index in [0.717, 1.165) is 5.76 Å². The lowest BCUT2D eigenvalue weighted by Gasteiger charge is -2.11. The van der Waals surface area contributed by atoms with Crippen LogP contribution < -0.4 is 0 Å². The summed E-state index contributed by atoms with van der Waals surface area (Å²) in [6.45, 7) is 4.81. The molecular weight excluding hydrogens is 128 g/mol. The lowest BCUT2D eigenvalue weighted by molar-refractivity contribution is 0.0920. The molecule has 2 nitrogen and oxygen atoms in total. The zero-order valence-electron chi connectivity index (χ0n) is 5.75. The first kappa shape index (κ1) is 6.93. The van der Waals surface area contributed by atoms with Gasteiger partial charge in [0.15, 0.2) is 5.76 Å². The molecule has 10 heavy (non-hydrogen) atoms. The van der Waals surface area contributed by atoms with Crippen molar-refractivity contribution in [3.05, 3.63) is 36.8 Å². The number of ether oxygens (including phenoxy) is 2. The summed E-state index contributed by atoms with van der Waals surface area (Å²) in [6, 6.07) is 0. The van der Waals surface area contributed by atoms with E-state index in [0.29, 0.717) is 13.2 Å². The molecule has 0 saturated carbocycles. The number of hydrogen-bond donors (Lipinski definition) is 0. The molecule has 0 amide bonds. The van der Waals surface area contributed by atoms with Crippen LogP contribution in [0.5, 0.6) is 0 Å². The second-order valence-electron chi connectivity index (χ2n) is 1.83. The van der Waals surface area contributed by atoms with Gasteiger partial charge in [0.2, 0.25) is 0 Å². The molecule has 2 heteroatoms. The summed E-state index contributed by atoms with van der Waals surface area (Å²) in [5.41, 5.74) is 0. The van der Waals surface area contributed by atoms with Crippen molar-refractivity contribution < 1.29 is 9.47 Å². The van der Waals surface area contributed by atoms with E-state index in [1.54, 1.807) is 18.4 Å². The molecule has 0 aliphatic carbocycles. The van der Waals surface area contributed by atoms with E-state index in [4.69, 9.17) is 9.47 Å². The van der Waals surface area contributed by atoms with Gasteiger partial charge in [0.1, 0.15) is 19.5 Å². The molecular formula is C8H10O2. The second-order valence-corrected chi connectivity index (χ2v) is 1.83. The molecule has 54 valence electrons. The van der Waals surface area contributed by atoms with Gasteiger partial charge in [-0.05, 0) is 6.08 Å². The Hall–Kier alpha value is -1.18. The standard InChI is InChI=1S/C8H10O2/c1-2-3-4-8-7-9-5-6-10-8/h2-4,7H,1,5-6H2/b4-3-. The molecule has 0 unspecified atom stereocenters. The van der Waals surface area contributed by atoms with E-state index < -0.39 is 0 Å². The van der Waals surface area contributed by atoms with Crippen molar-refractivity contribution in [2.24, 2.45) is 0 Å². The minimum Gasteiger partial charge on any atom is -0.494 e. The third-order valence-electron chi connectivity index (χ3n) is 1.07. The first-order chi connectivity index (χ1) is 4.93. The van der Waals surface area contributed by atoms with Gasteiger partial charge in [-0.15, -0.1) is 0 Å². The predicted octanol–water partition coefficient (Wildman–Crippen LogP) is 1.62. The molecule has 0 aromatic heterocycles. The first-order valence-corrected chi connectivity index (χ1v) is 3.17. The monoisotopic (exact) mass is 138 g/mol. The van der Waals surface area contributed by atoms with Crippen LogP contribution in [0, 0.1) is 0 Å². The zero-order valence-corrected chi connectivity index (χ0v) is 5.75. The predicted molar refractivity (Wildman–Crippen MR) is 39.3 cm³/mol. The molecule has 0 radical (unpaired) electrons. The summed E-state index contributed by atoms with van der Waals surface area (Å²) in [7, 11) is 0. The van der Waals surface area contributed by atoms with Gasteiger partial charge in [0.05, 0.1) is 0 Å². The van der Waals surface area contributed by atoms with Crippen LogP contribution in [0.25, 0.3) is 0 Å². The van der Waals surface area contributed by atoms with E-state index in [-0.39, 0.29) is 0 Å². The molecule has 0 N–H and O–H groups in total. The highest BCUT2D eigenvalue weighted by Gasteiger charge is 1.98. The Morgan fingerprint density at radius 2 is 2.40 bits per heavy atom. The van der Waals surface area contributed by atoms with Gasteiger partial charge < -0.3 is 9.47 Å². The molecule has 1 aliphatic rings. The van der Waals surface area contributed by atoms with Crippen LogP contribution in [0.3, 0.4) is 0 Å². The van der Waals surface area contributed by atoms with Crippen LogP contribution >= 0.6 is 0 Å². The van der Waals surface area contributed by atoms with Gasteiger partial charge in [0.25, 0.3) is 0 Å². The third kappa shape index (κ3) is 1.97. The van der Waals surface area contributed by atoms with E-state index in [9.17, 15) is 0 Å². The average molecular weight is 138 g/mol. The Morgan fingerprint density at radius 3 is 3.00 bits per heavy atom. The van der Waals surface area contributed by atoms with Crippen LogP contribution in [0.15, 0.2) is 36.8 Å². The van der Waals surface area contributed by atoms with Gasteiger partial charge >= 0.3 is 0 Å². The normalized spacial score (nSPS) is 17.4. The average Bonchev–Trinajstić information content (AvgIpc) is 2.03. The van der Waals surface area contributed by atoms with Gasteiger partial charge in [0, 0.05) is 0 Å². The van der Waals surface area contributed by atoms with E-state index >= 15 is 0 Å². The molecule has 1 rings (SSSR count). The van der Waals surface area contributed by atoms with Crippen molar-refractivity contribution in [1.29, 1.82) is 0 Å². The maximum absolute atomic E-state index is 5.18. The Morgan fingerprint density at radius 1 is 1.50 bits per heavy atom. The maximum atomic E-state index is 5.18. The summed E-state index contributed by atoms with van der Waals surface area (Å²) in [6.07, 6.45) is 6.91. The summed E-state index contributed by atoms with van der Waals surface area (Å²) in [5.74, 6) is 0.756. The highest BCUT2D eigenvalue weighted by Crippen LogP contribution is 2.04. The molecule has 0 aromatic rings. The fourth-order valence-electron chi connectivity index (χ4n) is 0.633. The highest BCUT2D eigenvalue weighted by molar-refractivity contribution is 5.14. The molecule has 0 bridgehead atoms. The lowest BCUT2D eigenvalue weighted by Crippen LogP contribution is -2.06. The van der Waals surface area contributed by atoms with Crippen molar-refractivity contribution in [3.63, 3.8) is 0 Å². The van der Waals surface area contributed by atoms with E-state index in [2.05, 4.69) is 6.58 Å². The van der Waals surface area contributed by atoms with Crippen molar-refractivity contribution in [2.45, 2.75) is 0 Å². The largest absolute Gasteiger partial charge is 0.494 e. The Labute approximate surface area is 60.4 Å². The Bertz CT molecular complexity index is 165. The van der Waals surface area contributed by atoms with Gasteiger partial charge in [-0.3, -0.25) is 0 Å². The van der Waals surface area contributed by atoms with Gasteiger partial charge in [-0.25, -0.2) is 0 Å². The molecule has 0 spiro atoms. The lowest BCUT2D eigenvalue weighted by atomic mass is 10.4. The van der Waals surface area contributed by atoms with E-state index in [1.807, 2.05) is 6.08 Å². The smallest absolute Gasteiger partial charge is 0.153 e. The van der Waals surface area contributed by atoms with Gasteiger partial charge in [-0.2, -0.15) is 0 Å². The molecule has 0 atom stereocenters. The number of hydrogen-bond acceptors (Lipinski definition) is 2. The Balaban J connectivity index is 2.45. The number of rotatable bonds is 2. The van der Waals surface area contributed by atoms with Crippen LogP contribution in [0.4, 0.5) is 0 Å². The van der Waals surface area contributed by atoms with Crippen LogP contribution in [-0.2, 0) is 9.47 Å². The van der Waals surface area contributed by atoms with Crippen LogP contribution in [0.2, 0.25) is 0 Å². The molecule has 0 saturated heterocycles. The minimum atomic E-state index is 0.632. The highest BCUT2D eigenvalue weighted by atomic mass is 16.6. The van der Waals surface area contributed by atoms with E-state index in [1.165, 1.54) is 0 Å². The van der Waals surface area contributed by atoms with Crippen LogP contribution in [-0.4, -0.2) is 13.2 Å². The summed E-state index contributed by atoms with van der Waals surface area (Å²) < 4.78 is 10.2. The van der Waals surface area contributed by atoms with Crippen molar-refractivity contribution >= 4 is 0 Å². The van der Waals surface area contributed by atoms with Crippen molar-refractivity contribution in [1.82, 2.24) is 0 Å². The summed E-state index contributed by atoms with van der Waals surface area (Å²) >= 11 is 0. The molecule has 0 fully saturated rings. The maximum Gasteiger partial charge on any atom is 0.153 e. The van der Waals surface area contributed by atoms with Crippen molar-refractivity contribution in [3.8, 4) is 0 Å². The fourth-order valence-corrected chi connectivity index (χ4v) is 0.633. The zero-order chi connectivity index (χ0) is 7.23. The second kappa shape index (κ2) is 3.77. The minimum absolute atomic E-state index is 0.632. The SMILES string of the molecule is C=C/C=C\C1=COCCO1. The third-order valence-corrected chi connectivity index (χ3v) is 1.07. The molecule has 1 aliphatic heterocycles. The quantitative estimate of drug-likeness (QED) is 0.540. The summed E-state index contributed by atoms with van der Waals surface area (Å²) in [4.78, 5) is 0. The Kier molecular flexibility index (Phi) is 2.62. The van der Waals surface area contributed by atoms with Crippen molar-refractivity contribution in [2.75, 3.05) is 13.2 Å². The fraction of sp³-hybridized carbons (Fsp3) is 0.250. The summed E-state index contributed by atoms with van der Waals surface area (Å²) in [5, 5.41) is 0. The van der Waals surface area contributed by atoms with Crippen LogP contribution in [0.1, 0.15) is 0 Å².